The molecule has 118 valence electrons. The number of nitrogens with one attached hydrogen (secondary N) is 1. The number of carbonyl (C=O) groups is 1. The summed E-state index contributed by atoms with van der Waals surface area (Å²) < 4.78 is 44.3. The number of ether oxygens (including phenoxy) is 1. The third-order valence-corrected chi connectivity index (χ3v) is 3.00. The van der Waals surface area contributed by atoms with Crippen molar-refractivity contribution < 1.29 is 27.8 Å². The molecule has 2 N–H and O–H groups in total. The summed E-state index contributed by atoms with van der Waals surface area (Å²) in [6, 6.07) is 0.423. The lowest BCUT2D eigenvalue weighted by Crippen LogP contribution is -2.34. The van der Waals surface area contributed by atoms with Crippen LogP contribution in [0.2, 0.25) is 0 Å². The van der Waals surface area contributed by atoms with E-state index in [-0.39, 0.29) is 18.3 Å². The molecular weight excluding hydrogens is 287 g/mol. The molecule has 0 heterocycles. The Morgan fingerprint density at radius 2 is 1.90 bits per heavy atom. The highest BCUT2D eigenvalue weighted by atomic mass is 19.2. The Morgan fingerprint density at radius 1 is 1.33 bits per heavy atom. The maximum absolute atomic E-state index is 13.1. The fraction of sp³-hybridized carbons (Fsp3) is 0.500. The van der Waals surface area contributed by atoms with Gasteiger partial charge in [-0.1, -0.05) is 6.92 Å². The molecule has 7 heteroatoms. The third kappa shape index (κ3) is 5.02. The SMILES string of the molecule is CCC(C)OCC(=O)NC(CO)c1cc(F)c(F)c(F)c1. The first-order chi connectivity index (χ1) is 9.88. The van der Waals surface area contributed by atoms with Gasteiger partial charge in [-0.25, -0.2) is 13.2 Å². The van der Waals surface area contributed by atoms with Crippen molar-refractivity contribution in [1.29, 1.82) is 0 Å². The molecule has 1 rings (SSSR count). The monoisotopic (exact) mass is 305 g/mol. The van der Waals surface area contributed by atoms with Crippen molar-refractivity contribution in [2.75, 3.05) is 13.2 Å². The van der Waals surface area contributed by atoms with Gasteiger partial charge in [-0.05, 0) is 31.0 Å². The van der Waals surface area contributed by atoms with Crippen molar-refractivity contribution in [1.82, 2.24) is 5.32 Å². The van der Waals surface area contributed by atoms with Crippen LogP contribution in [0, 0.1) is 17.5 Å². The number of amides is 1. The summed E-state index contributed by atoms with van der Waals surface area (Å²) in [5.41, 5.74) is -0.0641. The van der Waals surface area contributed by atoms with Gasteiger partial charge in [0.05, 0.1) is 18.8 Å². The zero-order valence-electron chi connectivity index (χ0n) is 11.8. The summed E-state index contributed by atoms with van der Waals surface area (Å²) in [7, 11) is 0. The summed E-state index contributed by atoms with van der Waals surface area (Å²) >= 11 is 0. The molecule has 0 saturated heterocycles. The molecule has 0 aliphatic heterocycles. The van der Waals surface area contributed by atoms with Gasteiger partial charge >= 0.3 is 0 Å². The number of hydrogen-bond acceptors (Lipinski definition) is 3. The molecule has 1 aromatic carbocycles. The Kier molecular flexibility index (Phi) is 6.64. The Bertz CT molecular complexity index is 473. The van der Waals surface area contributed by atoms with E-state index in [1.54, 1.807) is 6.92 Å². The topological polar surface area (TPSA) is 58.6 Å². The first kappa shape index (κ1) is 17.5. The summed E-state index contributed by atoms with van der Waals surface area (Å²) in [5, 5.41) is 11.6. The first-order valence-corrected chi connectivity index (χ1v) is 6.55. The number of hydrogen-bond donors (Lipinski definition) is 2. The van der Waals surface area contributed by atoms with E-state index >= 15 is 0 Å². The van der Waals surface area contributed by atoms with Gasteiger partial charge in [0.15, 0.2) is 17.5 Å². The minimum Gasteiger partial charge on any atom is -0.394 e. The van der Waals surface area contributed by atoms with E-state index in [1.165, 1.54) is 0 Å². The smallest absolute Gasteiger partial charge is 0.246 e. The number of aliphatic hydroxyl groups is 1. The lowest BCUT2D eigenvalue weighted by molar-refractivity contribution is -0.128. The van der Waals surface area contributed by atoms with Gasteiger partial charge in [0, 0.05) is 0 Å². The van der Waals surface area contributed by atoms with Gasteiger partial charge in [0.1, 0.15) is 6.61 Å². The predicted octanol–water partition coefficient (Wildman–Crippen LogP) is 2.07. The molecule has 2 atom stereocenters. The van der Waals surface area contributed by atoms with Crippen LogP contribution in [0.1, 0.15) is 31.9 Å². The molecule has 0 aromatic heterocycles. The zero-order chi connectivity index (χ0) is 16.0. The van der Waals surface area contributed by atoms with E-state index < -0.39 is 36.0 Å². The van der Waals surface area contributed by atoms with Gasteiger partial charge in [-0.15, -0.1) is 0 Å². The summed E-state index contributed by atoms with van der Waals surface area (Å²) in [6.07, 6.45) is 0.620. The minimum atomic E-state index is -1.60. The van der Waals surface area contributed by atoms with Gasteiger partial charge in [0.25, 0.3) is 0 Å². The lowest BCUT2D eigenvalue weighted by atomic mass is 10.1. The van der Waals surface area contributed by atoms with Crippen LogP contribution in [-0.2, 0) is 9.53 Å². The van der Waals surface area contributed by atoms with Crippen LogP contribution in [0.5, 0.6) is 0 Å². The standard InChI is InChI=1S/C14H18F3NO3/c1-3-8(2)21-7-13(20)18-12(6-19)9-4-10(15)14(17)11(16)5-9/h4-5,8,12,19H,3,6-7H2,1-2H3,(H,18,20). The molecule has 0 bridgehead atoms. The Labute approximate surface area is 120 Å². The molecule has 2 unspecified atom stereocenters. The van der Waals surface area contributed by atoms with Gasteiger partial charge < -0.3 is 15.2 Å². The molecule has 0 saturated carbocycles. The Hall–Kier alpha value is -1.60. The van der Waals surface area contributed by atoms with E-state index in [0.29, 0.717) is 0 Å². The normalized spacial score (nSPS) is 13.8. The third-order valence-electron chi connectivity index (χ3n) is 3.00. The molecule has 0 aliphatic rings. The van der Waals surface area contributed by atoms with Crippen LogP contribution in [-0.4, -0.2) is 30.3 Å². The quantitative estimate of drug-likeness (QED) is 0.758. The second-order valence-electron chi connectivity index (χ2n) is 4.63. The highest BCUT2D eigenvalue weighted by Crippen LogP contribution is 2.19. The number of halogens is 3. The molecule has 0 fully saturated rings. The summed E-state index contributed by atoms with van der Waals surface area (Å²) in [4.78, 5) is 11.6. The summed E-state index contributed by atoms with van der Waals surface area (Å²) in [5.74, 6) is -4.90. The van der Waals surface area contributed by atoms with Crippen LogP contribution in [0.15, 0.2) is 12.1 Å². The first-order valence-electron chi connectivity index (χ1n) is 6.55. The molecule has 0 aliphatic carbocycles. The molecule has 21 heavy (non-hydrogen) atoms. The molecule has 1 aromatic rings. The largest absolute Gasteiger partial charge is 0.394 e. The fourth-order valence-corrected chi connectivity index (χ4v) is 1.58. The molecule has 0 spiro atoms. The molecule has 1 amide bonds. The van der Waals surface area contributed by atoms with Crippen molar-refractivity contribution in [2.24, 2.45) is 0 Å². The number of aliphatic hydroxyl groups excluding tert-OH is 1. The van der Waals surface area contributed by atoms with Crippen LogP contribution in [0.4, 0.5) is 13.2 Å². The van der Waals surface area contributed by atoms with E-state index in [9.17, 15) is 23.1 Å². The van der Waals surface area contributed by atoms with Crippen LogP contribution in [0.25, 0.3) is 0 Å². The van der Waals surface area contributed by atoms with Gasteiger partial charge in [0.2, 0.25) is 5.91 Å². The van der Waals surface area contributed by atoms with Crippen molar-refractivity contribution in [2.45, 2.75) is 32.4 Å². The maximum Gasteiger partial charge on any atom is 0.246 e. The van der Waals surface area contributed by atoms with Crippen molar-refractivity contribution in [3.63, 3.8) is 0 Å². The highest BCUT2D eigenvalue weighted by molar-refractivity contribution is 5.77. The van der Waals surface area contributed by atoms with E-state index in [4.69, 9.17) is 4.74 Å². The van der Waals surface area contributed by atoms with Crippen LogP contribution >= 0.6 is 0 Å². The maximum atomic E-state index is 13.1. The number of carbonyl (C=O) groups excluding carboxylic acids is 1. The minimum absolute atomic E-state index is 0.0641. The Balaban J connectivity index is 2.73. The second-order valence-corrected chi connectivity index (χ2v) is 4.63. The number of rotatable bonds is 7. The van der Waals surface area contributed by atoms with Crippen LogP contribution in [0.3, 0.4) is 0 Å². The van der Waals surface area contributed by atoms with Crippen molar-refractivity contribution >= 4 is 5.91 Å². The van der Waals surface area contributed by atoms with Crippen molar-refractivity contribution in [3.8, 4) is 0 Å². The second kappa shape index (κ2) is 7.99. The molecule has 0 radical (unpaired) electrons. The van der Waals surface area contributed by atoms with Gasteiger partial charge in [-0.3, -0.25) is 4.79 Å². The highest BCUT2D eigenvalue weighted by Gasteiger charge is 2.19. The van der Waals surface area contributed by atoms with Gasteiger partial charge in [-0.2, -0.15) is 0 Å². The lowest BCUT2D eigenvalue weighted by Gasteiger charge is -2.18. The van der Waals surface area contributed by atoms with Crippen molar-refractivity contribution in [3.05, 3.63) is 35.1 Å². The summed E-state index contributed by atoms with van der Waals surface area (Å²) in [6.45, 7) is 2.86. The van der Waals surface area contributed by atoms with E-state index in [2.05, 4.69) is 5.32 Å². The zero-order valence-corrected chi connectivity index (χ0v) is 11.8. The fourth-order valence-electron chi connectivity index (χ4n) is 1.58. The number of benzene rings is 1. The average Bonchev–Trinajstić information content (AvgIpc) is 2.47. The average molecular weight is 305 g/mol. The van der Waals surface area contributed by atoms with E-state index in [0.717, 1.165) is 18.6 Å². The Morgan fingerprint density at radius 3 is 2.38 bits per heavy atom. The van der Waals surface area contributed by atoms with E-state index in [1.807, 2.05) is 6.92 Å². The molecular formula is C14H18F3NO3. The predicted molar refractivity (Wildman–Crippen MR) is 70.0 cm³/mol. The molecule has 4 nitrogen and oxygen atoms in total. The van der Waals surface area contributed by atoms with Crippen LogP contribution < -0.4 is 5.32 Å².